The molecule has 0 fully saturated rings. The van der Waals surface area contributed by atoms with Gasteiger partial charge in [0.05, 0.1) is 0 Å². The minimum atomic E-state index is -1.17. The summed E-state index contributed by atoms with van der Waals surface area (Å²) in [7, 11) is 0. The number of amides is 1. The number of allylic oxidation sites excluding steroid dienone is 4. The molecule has 1 amide bonds. The van der Waals surface area contributed by atoms with Crippen LogP contribution in [0.3, 0.4) is 0 Å². The van der Waals surface area contributed by atoms with Gasteiger partial charge in [0.25, 0.3) is 0 Å². The Hall–Kier alpha value is -2.04. The maximum atomic E-state index is 11.0. The normalized spacial score (nSPS) is 11.1. The Labute approximate surface area is 81.4 Å². The summed E-state index contributed by atoms with van der Waals surface area (Å²) in [6.45, 7) is 4.94. The van der Waals surface area contributed by atoms with Crippen LogP contribution in [0.4, 0.5) is 4.79 Å². The highest BCUT2D eigenvalue weighted by Crippen LogP contribution is 1.97. The van der Waals surface area contributed by atoms with Crippen molar-refractivity contribution in [2.75, 3.05) is 0 Å². The Kier molecular flexibility index (Phi) is 5.53. The average Bonchev–Trinajstić information content (AvgIpc) is 2.14. The zero-order valence-corrected chi connectivity index (χ0v) is 7.73. The van der Waals surface area contributed by atoms with Gasteiger partial charge in [-0.25, -0.2) is 19.4 Å². The van der Waals surface area contributed by atoms with Crippen molar-refractivity contribution in [1.29, 1.82) is 0 Å². The molecule has 0 saturated carbocycles. The quantitative estimate of drug-likeness (QED) is 0.319. The molecule has 0 aromatic carbocycles. The number of carbonyl (C=O) groups excluding carboxylic acids is 2. The largest absolute Gasteiger partial charge is 0.447 e. The van der Waals surface area contributed by atoms with E-state index in [1.165, 1.54) is 13.0 Å². The number of hydrogen-bond donors (Lipinski definition) is 1. The van der Waals surface area contributed by atoms with E-state index in [1.807, 2.05) is 0 Å². The van der Waals surface area contributed by atoms with E-state index < -0.39 is 12.1 Å². The average molecular weight is 197 g/mol. The molecule has 0 aliphatic carbocycles. The van der Waals surface area contributed by atoms with E-state index in [4.69, 9.17) is 0 Å². The van der Waals surface area contributed by atoms with Gasteiger partial charge in [-0.15, -0.1) is 0 Å². The van der Waals surface area contributed by atoms with Crippen LogP contribution in [0.5, 0.6) is 0 Å². The first-order chi connectivity index (χ1) is 6.57. The zero-order chi connectivity index (χ0) is 11.0. The molecule has 0 heterocycles. The lowest BCUT2D eigenvalue weighted by atomic mass is 10.3. The van der Waals surface area contributed by atoms with Gasteiger partial charge >= 0.3 is 12.1 Å². The molecule has 5 heteroatoms. The standard InChI is InChI=1S/C9H11NO4/c1-3-4-5-6-7(2)8(11)13-14-9(10)12/h3-6H,1H2,2H3,(H2,10,12)/b5-4+,7-6+. The van der Waals surface area contributed by atoms with Crippen LogP contribution < -0.4 is 5.73 Å². The van der Waals surface area contributed by atoms with Crippen molar-refractivity contribution in [1.82, 2.24) is 0 Å². The van der Waals surface area contributed by atoms with Gasteiger partial charge < -0.3 is 5.73 Å². The third-order valence-electron chi connectivity index (χ3n) is 1.11. The summed E-state index contributed by atoms with van der Waals surface area (Å²) >= 11 is 0. The Balaban J connectivity index is 4.10. The summed E-state index contributed by atoms with van der Waals surface area (Å²) in [5.41, 5.74) is 4.85. The fraction of sp³-hybridized carbons (Fsp3) is 0.111. The lowest BCUT2D eigenvalue weighted by Crippen LogP contribution is -2.17. The predicted molar refractivity (Wildman–Crippen MR) is 49.9 cm³/mol. The lowest BCUT2D eigenvalue weighted by Gasteiger charge is -1.98. The summed E-state index contributed by atoms with van der Waals surface area (Å²) in [4.78, 5) is 28.9. The fourth-order valence-corrected chi connectivity index (χ4v) is 0.491. The lowest BCUT2D eigenvalue weighted by molar-refractivity contribution is -0.225. The second kappa shape index (κ2) is 6.47. The first-order valence-corrected chi connectivity index (χ1v) is 3.72. The van der Waals surface area contributed by atoms with E-state index in [0.717, 1.165) is 0 Å². The summed E-state index contributed by atoms with van der Waals surface area (Å²) in [6, 6.07) is 0. The molecule has 0 bridgehead atoms. The van der Waals surface area contributed by atoms with Gasteiger partial charge in [-0.2, -0.15) is 0 Å². The van der Waals surface area contributed by atoms with Gasteiger partial charge in [-0.3, -0.25) is 0 Å². The van der Waals surface area contributed by atoms with Gasteiger partial charge in [0.1, 0.15) is 0 Å². The van der Waals surface area contributed by atoms with Crippen molar-refractivity contribution >= 4 is 12.1 Å². The van der Waals surface area contributed by atoms with Gasteiger partial charge in [0.15, 0.2) is 0 Å². The molecular weight excluding hydrogens is 186 g/mol. The van der Waals surface area contributed by atoms with Crippen LogP contribution in [0.2, 0.25) is 0 Å². The predicted octanol–water partition coefficient (Wildman–Crippen LogP) is 1.23. The van der Waals surface area contributed by atoms with E-state index in [1.54, 1.807) is 18.2 Å². The maximum Gasteiger partial charge on any atom is 0.447 e. The monoisotopic (exact) mass is 197 g/mol. The van der Waals surface area contributed by atoms with Crippen molar-refractivity contribution in [3.05, 3.63) is 36.5 Å². The molecule has 0 aliphatic heterocycles. The molecule has 76 valence electrons. The van der Waals surface area contributed by atoms with Gasteiger partial charge in [-0.1, -0.05) is 30.9 Å². The Bertz CT molecular complexity index is 291. The molecule has 0 radical (unpaired) electrons. The van der Waals surface area contributed by atoms with E-state index >= 15 is 0 Å². The molecule has 0 spiro atoms. The topological polar surface area (TPSA) is 78.6 Å². The van der Waals surface area contributed by atoms with Crippen LogP contribution in [-0.2, 0) is 14.6 Å². The number of rotatable bonds is 3. The molecule has 0 atom stereocenters. The third-order valence-corrected chi connectivity index (χ3v) is 1.11. The summed E-state index contributed by atoms with van der Waals surface area (Å²) in [6.07, 6.45) is 5.08. The summed E-state index contributed by atoms with van der Waals surface area (Å²) in [5.74, 6) is -0.780. The van der Waals surface area contributed by atoms with Crippen LogP contribution >= 0.6 is 0 Å². The van der Waals surface area contributed by atoms with Crippen LogP contribution in [0.15, 0.2) is 36.5 Å². The molecule has 0 aromatic heterocycles. The molecular formula is C9H11NO4. The highest BCUT2D eigenvalue weighted by atomic mass is 17.2. The molecule has 0 unspecified atom stereocenters. The van der Waals surface area contributed by atoms with E-state index in [-0.39, 0.29) is 5.57 Å². The Morgan fingerprint density at radius 1 is 1.29 bits per heavy atom. The molecule has 0 saturated heterocycles. The fourth-order valence-electron chi connectivity index (χ4n) is 0.491. The maximum absolute atomic E-state index is 11.0. The van der Waals surface area contributed by atoms with E-state index in [0.29, 0.717) is 0 Å². The first-order valence-electron chi connectivity index (χ1n) is 3.72. The smallest absolute Gasteiger partial charge is 0.332 e. The van der Waals surface area contributed by atoms with Crippen LogP contribution in [0, 0.1) is 0 Å². The zero-order valence-electron chi connectivity index (χ0n) is 7.73. The van der Waals surface area contributed by atoms with Crippen molar-refractivity contribution in [2.45, 2.75) is 6.92 Å². The van der Waals surface area contributed by atoms with Crippen molar-refractivity contribution in [3.8, 4) is 0 Å². The molecule has 0 rings (SSSR count). The number of hydrogen-bond acceptors (Lipinski definition) is 4. The first kappa shape index (κ1) is 12.0. The number of primary amides is 1. The van der Waals surface area contributed by atoms with Gasteiger partial charge in [-0.05, 0) is 6.92 Å². The minimum Gasteiger partial charge on any atom is -0.332 e. The van der Waals surface area contributed by atoms with Gasteiger partial charge in [0.2, 0.25) is 0 Å². The van der Waals surface area contributed by atoms with E-state index in [9.17, 15) is 9.59 Å². The van der Waals surface area contributed by atoms with Crippen molar-refractivity contribution in [2.24, 2.45) is 5.73 Å². The second-order valence-corrected chi connectivity index (χ2v) is 2.24. The van der Waals surface area contributed by atoms with Crippen molar-refractivity contribution < 1.29 is 19.4 Å². The number of nitrogens with two attached hydrogens (primary N) is 1. The van der Waals surface area contributed by atoms with Crippen LogP contribution in [-0.4, -0.2) is 12.1 Å². The Morgan fingerprint density at radius 2 is 1.93 bits per heavy atom. The van der Waals surface area contributed by atoms with Gasteiger partial charge in [0, 0.05) is 5.57 Å². The SMILES string of the molecule is C=C/C=C/C=C(\C)C(=O)OOC(N)=O. The molecule has 2 N–H and O–H groups in total. The molecule has 0 aromatic rings. The molecule has 14 heavy (non-hydrogen) atoms. The second-order valence-electron chi connectivity index (χ2n) is 2.24. The van der Waals surface area contributed by atoms with Crippen molar-refractivity contribution in [3.63, 3.8) is 0 Å². The summed E-state index contributed by atoms with van der Waals surface area (Å²) < 4.78 is 0. The van der Waals surface area contributed by atoms with Crippen LogP contribution in [0.25, 0.3) is 0 Å². The molecule has 0 aliphatic rings. The Morgan fingerprint density at radius 3 is 2.43 bits per heavy atom. The summed E-state index contributed by atoms with van der Waals surface area (Å²) in [5, 5.41) is 0. The highest BCUT2D eigenvalue weighted by molar-refractivity contribution is 5.88. The highest BCUT2D eigenvalue weighted by Gasteiger charge is 2.07. The van der Waals surface area contributed by atoms with Crippen LogP contribution in [0.1, 0.15) is 6.92 Å². The number of carbonyl (C=O) groups is 2. The van der Waals surface area contributed by atoms with E-state index in [2.05, 4.69) is 22.1 Å². The third kappa shape index (κ3) is 5.59. The minimum absolute atomic E-state index is 0.268. The molecule has 5 nitrogen and oxygen atoms in total.